The first-order chi connectivity index (χ1) is 6.45. The Morgan fingerprint density at radius 2 is 2.14 bits per heavy atom. The summed E-state index contributed by atoms with van der Waals surface area (Å²) in [6.45, 7) is 9.85. The van der Waals surface area contributed by atoms with Crippen LogP contribution < -0.4 is 5.32 Å². The van der Waals surface area contributed by atoms with Gasteiger partial charge in [-0.1, -0.05) is 27.7 Å². The van der Waals surface area contributed by atoms with Gasteiger partial charge in [-0.25, -0.2) is 0 Å². The maximum Gasteiger partial charge on any atom is 0.0537 e. The van der Waals surface area contributed by atoms with Gasteiger partial charge in [-0.15, -0.1) is 0 Å². The number of nitrogens with one attached hydrogen (secondary N) is 1. The Balaban J connectivity index is 2.88. The molecule has 1 atom stereocenters. The Hall–Kier alpha value is -0.830. The summed E-state index contributed by atoms with van der Waals surface area (Å²) in [7, 11) is 1.95. The van der Waals surface area contributed by atoms with Crippen LogP contribution in [0.5, 0.6) is 0 Å². The van der Waals surface area contributed by atoms with Crippen LogP contribution >= 0.6 is 0 Å². The fraction of sp³-hybridized carbons (Fsp3) is 0.727. The van der Waals surface area contributed by atoms with Crippen molar-refractivity contribution in [3.63, 3.8) is 0 Å². The maximum atomic E-state index is 4.21. The van der Waals surface area contributed by atoms with Crippen molar-refractivity contribution in [2.45, 2.75) is 33.7 Å². The number of rotatable bonds is 3. The molecule has 1 aromatic rings. The van der Waals surface area contributed by atoms with Gasteiger partial charge in [-0.05, 0) is 12.0 Å². The molecule has 14 heavy (non-hydrogen) atoms. The summed E-state index contributed by atoms with van der Waals surface area (Å²) < 4.78 is 1.85. The van der Waals surface area contributed by atoms with Gasteiger partial charge in [-0.3, -0.25) is 4.68 Å². The van der Waals surface area contributed by atoms with E-state index in [0.29, 0.717) is 6.04 Å². The highest BCUT2D eigenvalue weighted by Crippen LogP contribution is 2.32. The molecule has 0 saturated heterocycles. The number of nitrogens with zero attached hydrogens (tertiary/aromatic N) is 2. The maximum absolute atomic E-state index is 4.21. The third-order valence-corrected chi connectivity index (χ3v) is 2.33. The smallest absolute Gasteiger partial charge is 0.0537 e. The summed E-state index contributed by atoms with van der Waals surface area (Å²) in [5, 5.41) is 7.71. The number of hydrogen-bond donors (Lipinski definition) is 1. The first-order valence-electron chi connectivity index (χ1n) is 5.17. The molecular weight excluding hydrogens is 174 g/mol. The molecule has 1 N–H and O–H groups in total. The van der Waals surface area contributed by atoms with Crippen LogP contribution in [0.1, 0.15) is 39.3 Å². The first-order valence-corrected chi connectivity index (χ1v) is 5.17. The normalized spacial score (nSPS) is 14.4. The highest BCUT2D eigenvalue weighted by molar-refractivity contribution is 5.13. The molecule has 0 radical (unpaired) electrons. The minimum atomic E-state index is 0.221. The van der Waals surface area contributed by atoms with Crippen LogP contribution in [-0.4, -0.2) is 16.3 Å². The Kier molecular flexibility index (Phi) is 3.32. The van der Waals surface area contributed by atoms with Crippen LogP contribution in [0.3, 0.4) is 0 Å². The summed E-state index contributed by atoms with van der Waals surface area (Å²) in [5.41, 5.74) is 1.49. The van der Waals surface area contributed by atoms with E-state index in [4.69, 9.17) is 0 Å². The van der Waals surface area contributed by atoms with E-state index in [1.54, 1.807) is 0 Å². The van der Waals surface area contributed by atoms with Crippen LogP contribution in [-0.2, 0) is 7.05 Å². The molecule has 3 nitrogen and oxygen atoms in total. The summed E-state index contributed by atoms with van der Waals surface area (Å²) >= 11 is 0. The minimum Gasteiger partial charge on any atom is -0.310 e. The molecule has 1 heterocycles. The van der Waals surface area contributed by atoms with E-state index in [1.807, 2.05) is 17.9 Å². The van der Waals surface area contributed by atoms with Gasteiger partial charge in [-0.2, -0.15) is 5.10 Å². The second kappa shape index (κ2) is 4.13. The van der Waals surface area contributed by atoms with E-state index >= 15 is 0 Å². The Morgan fingerprint density at radius 1 is 1.50 bits per heavy atom. The Bertz CT molecular complexity index is 283. The minimum absolute atomic E-state index is 0.221. The molecule has 0 aromatic carbocycles. The van der Waals surface area contributed by atoms with Crippen LogP contribution in [0, 0.1) is 5.41 Å². The lowest BCUT2D eigenvalue weighted by Gasteiger charge is -2.30. The average Bonchev–Trinajstić information content (AvgIpc) is 2.45. The average molecular weight is 195 g/mol. The van der Waals surface area contributed by atoms with Crippen LogP contribution in [0.15, 0.2) is 12.4 Å². The van der Waals surface area contributed by atoms with E-state index in [2.05, 4.69) is 44.3 Å². The van der Waals surface area contributed by atoms with E-state index in [1.165, 1.54) is 5.56 Å². The van der Waals surface area contributed by atoms with Crippen LogP contribution in [0.4, 0.5) is 0 Å². The molecule has 0 saturated carbocycles. The molecule has 0 fully saturated rings. The van der Waals surface area contributed by atoms with Crippen molar-refractivity contribution >= 4 is 0 Å². The monoisotopic (exact) mass is 195 g/mol. The van der Waals surface area contributed by atoms with Crippen molar-refractivity contribution < 1.29 is 0 Å². The Morgan fingerprint density at radius 3 is 2.50 bits per heavy atom. The third kappa shape index (κ3) is 2.58. The van der Waals surface area contributed by atoms with Crippen molar-refractivity contribution in [3.8, 4) is 0 Å². The molecule has 1 aromatic heterocycles. The van der Waals surface area contributed by atoms with Gasteiger partial charge in [0.15, 0.2) is 0 Å². The second-order valence-electron chi connectivity index (χ2n) is 4.80. The molecule has 0 bridgehead atoms. The number of aromatic nitrogens is 2. The molecule has 0 aliphatic rings. The van der Waals surface area contributed by atoms with Crippen molar-refractivity contribution in [1.82, 2.24) is 15.1 Å². The van der Waals surface area contributed by atoms with Crippen molar-refractivity contribution in [3.05, 3.63) is 18.0 Å². The van der Waals surface area contributed by atoms with Gasteiger partial charge >= 0.3 is 0 Å². The topological polar surface area (TPSA) is 29.9 Å². The summed E-state index contributed by atoms with van der Waals surface area (Å²) in [6, 6.07) is 0.376. The standard InChI is InChI=1S/C11H21N3/c1-6-12-10(11(2,3)4)9-7-13-14(5)8-9/h7-8,10,12H,6H2,1-5H3. The van der Waals surface area contributed by atoms with Crippen molar-refractivity contribution in [1.29, 1.82) is 0 Å². The van der Waals surface area contributed by atoms with Gasteiger partial charge in [0, 0.05) is 24.8 Å². The fourth-order valence-corrected chi connectivity index (χ4v) is 1.72. The molecule has 1 unspecified atom stereocenters. The molecule has 3 heteroatoms. The zero-order valence-electron chi connectivity index (χ0n) is 9.83. The lowest BCUT2D eigenvalue weighted by molar-refractivity contribution is 0.276. The molecule has 1 rings (SSSR count). The predicted molar refractivity (Wildman–Crippen MR) is 59.1 cm³/mol. The third-order valence-electron chi connectivity index (χ3n) is 2.33. The second-order valence-corrected chi connectivity index (χ2v) is 4.80. The summed E-state index contributed by atoms with van der Waals surface area (Å²) in [4.78, 5) is 0. The van der Waals surface area contributed by atoms with Gasteiger partial charge in [0.25, 0.3) is 0 Å². The quantitative estimate of drug-likeness (QED) is 0.800. The first kappa shape index (κ1) is 11.2. The summed E-state index contributed by atoms with van der Waals surface area (Å²) in [5.74, 6) is 0. The Labute approximate surface area is 86.5 Å². The molecule has 0 aliphatic carbocycles. The molecule has 80 valence electrons. The zero-order valence-corrected chi connectivity index (χ0v) is 9.83. The van der Waals surface area contributed by atoms with Gasteiger partial charge in [0.05, 0.1) is 6.20 Å². The molecule has 0 amide bonds. The fourth-order valence-electron chi connectivity index (χ4n) is 1.72. The van der Waals surface area contributed by atoms with E-state index < -0.39 is 0 Å². The SMILES string of the molecule is CCNC(c1cnn(C)c1)C(C)(C)C. The van der Waals surface area contributed by atoms with E-state index in [0.717, 1.165) is 6.54 Å². The molecule has 0 spiro atoms. The number of hydrogen-bond acceptors (Lipinski definition) is 2. The van der Waals surface area contributed by atoms with Gasteiger partial charge < -0.3 is 5.32 Å². The van der Waals surface area contributed by atoms with Crippen LogP contribution in [0.25, 0.3) is 0 Å². The van der Waals surface area contributed by atoms with E-state index in [9.17, 15) is 0 Å². The largest absolute Gasteiger partial charge is 0.310 e. The van der Waals surface area contributed by atoms with Gasteiger partial charge in [0.1, 0.15) is 0 Å². The van der Waals surface area contributed by atoms with Crippen LogP contribution in [0.2, 0.25) is 0 Å². The van der Waals surface area contributed by atoms with Crippen molar-refractivity contribution in [2.75, 3.05) is 6.54 Å². The van der Waals surface area contributed by atoms with Gasteiger partial charge in [0.2, 0.25) is 0 Å². The predicted octanol–water partition coefficient (Wildman–Crippen LogP) is 2.12. The number of aryl methyl sites for hydroxylation is 1. The highest BCUT2D eigenvalue weighted by Gasteiger charge is 2.26. The highest BCUT2D eigenvalue weighted by atomic mass is 15.2. The lowest BCUT2D eigenvalue weighted by Crippen LogP contribution is -2.31. The molecule has 0 aliphatic heterocycles. The van der Waals surface area contributed by atoms with E-state index in [-0.39, 0.29) is 5.41 Å². The lowest BCUT2D eigenvalue weighted by atomic mass is 9.83. The van der Waals surface area contributed by atoms with Crippen molar-refractivity contribution in [2.24, 2.45) is 12.5 Å². The zero-order chi connectivity index (χ0) is 10.8. The summed E-state index contributed by atoms with van der Waals surface area (Å²) in [6.07, 6.45) is 4.02. The molecular formula is C11H21N3.